The summed E-state index contributed by atoms with van der Waals surface area (Å²) in [5.41, 5.74) is 3.48. The molecule has 196 valence electrons. The first-order valence-corrected chi connectivity index (χ1v) is 11.9. The van der Waals surface area contributed by atoms with Crippen molar-refractivity contribution in [3.05, 3.63) is 82.7 Å². The summed E-state index contributed by atoms with van der Waals surface area (Å²) in [5, 5.41) is 36.4. The molecule has 2 atom stereocenters. The number of hydrogen-bond acceptors (Lipinski definition) is 6. The summed E-state index contributed by atoms with van der Waals surface area (Å²) < 4.78 is 15.1. The molecule has 0 aliphatic carbocycles. The van der Waals surface area contributed by atoms with E-state index < -0.39 is 36.3 Å². The molecule has 1 amide bonds. The van der Waals surface area contributed by atoms with E-state index >= 15 is 0 Å². The molecule has 0 fully saturated rings. The van der Waals surface area contributed by atoms with E-state index in [9.17, 15) is 24.2 Å². The first-order valence-electron chi connectivity index (χ1n) is 11.9. The summed E-state index contributed by atoms with van der Waals surface area (Å²) in [6.45, 7) is 5.92. The van der Waals surface area contributed by atoms with Gasteiger partial charge >= 0.3 is 5.97 Å². The first-order chi connectivity index (χ1) is 17.5. The minimum atomic E-state index is -1.22. The highest BCUT2D eigenvalue weighted by atomic mass is 19.1. The molecule has 3 aromatic rings. The Bertz CT molecular complexity index is 1250. The molecular formula is C27H31FN4O5. The lowest BCUT2D eigenvalue weighted by molar-refractivity contribution is -0.139. The number of pyridine rings is 1. The van der Waals surface area contributed by atoms with Crippen LogP contribution in [0.4, 0.5) is 4.39 Å². The number of nitrogens with one attached hydrogen (secondary N) is 1. The smallest absolute Gasteiger partial charge is 0.305 e. The second-order valence-corrected chi connectivity index (χ2v) is 9.09. The third-order valence-corrected chi connectivity index (χ3v) is 5.65. The number of aliphatic hydroxyl groups excluding tert-OH is 2. The summed E-state index contributed by atoms with van der Waals surface area (Å²) in [6, 6.07) is 9.33. The second kappa shape index (κ2) is 12.4. The summed E-state index contributed by atoms with van der Waals surface area (Å²) in [6.07, 6.45) is 1.64. The standard InChI is InChI=1S/C27H31FN4O5/c1-16(2)25-23(11-10-21(33)12-22(34)13-24(35)36)32(20-8-6-19(28)7-9-20)31-26(25)27(37)30-15-18-5-4-17(3)29-14-18/h4-11,14,16,21-22,33-34H,12-13,15H2,1-3H3,(H,30,37)(H,35,36)/b11-10+/t21-,22+/m0/s1. The normalized spacial score (nSPS) is 13.2. The van der Waals surface area contributed by atoms with E-state index in [4.69, 9.17) is 5.11 Å². The average Bonchev–Trinajstić information content (AvgIpc) is 3.22. The number of aryl methyl sites for hydroxylation is 1. The Morgan fingerprint density at radius 3 is 2.43 bits per heavy atom. The number of aromatic nitrogens is 3. The fourth-order valence-corrected chi connectivity index (χ4v) is 3.83. The van der Waals surface area contributed by atoms with Gasteiger partial charge in [-0.05, 0) is 54.8 Å². The van der Waals surface area contributed by atoms with Crippen LogP contribution in [-0.4, -0.2) is 54.2 Å². The van der Waals surface area contributed by atoms with Crippen molar-refractivity contribution in [1.82, 2.24) is 20.1 Å². The zero-order chi connectivity index (χ0) is 27.1. The van der Waals surface area contributed by atoms with Crippen molar-refractivity contribution in [1.29, 1.82) is 0 Å². The summed E-state index contributed by atoms with van der Waals surface area (Å²) in [5.74, 6) is -2.15. The first kappa shape index (κ1) is 27.7. The lowest BCUT2D eigenvalue weighted by atomic mass is 9.98. The maximum absolute atomic E-state index is 13.6. The van der Waals surface area contributed by atoms with E-state index in [1.807, 2.05) is 32.9 Å². The van der Waals surface area contributed by atoms with Crippen molar-refractivity contribution >= 4 is 18.0 Å². The van der Waals surface area contributed by atoms with Crippen LogP contribution in [0.15, 0.2) is 48.7 Å². The van der Waals surface area contributed by atoms with Crippen LogP contribution < -0.4 is 5.32 Å². The molecular weight excluding hydrogens is 479 g/mol. The number of carbonyl (C=O) groups is 2. The number of carboxylic acids is 1. The molecule has 2 heterocycles. The number of hydrogen-bond donors (Lipinski definition) is 4. The molecule has 0 unspecified atom stereocenters. The number of aliphatic carboxylic acids is 1. The number of aliphatic hydroxyl groups is 2. The van der Waals surface area contributed by atoms with Gasteiger partial charge in [-0.1, -0.05) is 26.0 Å². The van der Waals surface area contributed by atoms with Crippen molar-refractivity contribution in [3.63, 3.8) is 0 Å². The van der Waals surface area contributed by atoms with Gasteiger partial charge in [0.25, 0.3) is 5.91 Å². The third kappa shape index (κ3) is 7.55. The van der Waals surface area contributed by atoms with Gasteiger partial charge in [-0.3, -0.25) is 14.6 Å². The van der Waals surface area contributed by atoms with Crippen molar-refractivity contribution in [2.75, 3.05) is 0 Å². The summed E-state index contributed by atoms with van der Waals surface area (Å²) in [7, 11) is 0. The predicted octanol–water partition coefficient (Wildman–Crippen LogP) is 3.37. The van der Waals surface area contributed by atoms with Crippen LogP contribution in [-0.2, 0) is 11.3 Å². The van der Waals surface area contributed by atoms with E-state index in [0.29, 0.717) is 16.9 Å². The third-order valence-electron chi connectivity index (χ3n) is 5.65. The SMILES string of the molecule is Cc1ccc(CNC(=O)c2nn(-c3ccc(F)cc3)c(/C=C/[C@H](O)C[C@@H](O)CC(=O)O)c2C(C)C)cn1. The molecule has 0 saturated carbocycles. The monoisotopic (exact) mass is 510 g/mol. The Labute approximate surface area is 214 Å². The van der Waals surface area contributed by atoms with Crippen LogP contribution in [0.25, 0.3) is 11.8 Å². The second-order valence-electron chi connectivity index (χ2n) is 9.09. The van der Waals surface area contributed by atoms with Gasteiger partial charge in [-0.25, -0.2) is 9.07 Å². The zero-order valence-electron chi connectivity index (χ0n) is 20.9. The van der Waals surface area contributed by atoms with Crippen LogP contribution in [0.1, 0.15) is 65.6 Å². The highest BCUT2D eigenvalue weighted by Crippen LogP contribution is 2.28. The quantitative estimate of drug-likeness (QED) is 0.310. The molecule has 0 bridgehead atoms. The van der Waals surface area contributed by atoms with Crippen molar-refractivity contribution < 1.29 is 29.3 Å². The van der Waals surface area contributed by atoms with Gasteiger partial charge in [0, 0.05) is 30.4 Å². The van der Waals surface area contributed by atoms with Gasteiger partial charge in [-0.2, -0.15) is 5.10 Å². The van der Waals surface area contributed by atoms with Crippen LogP contribution in [0.2, 0.25) is 0 Å². The number of amides is 1. The summed E-state index contributed by atoms with van der Waals surface area (Å²) in [4.78, 5) is 28.3. The van der Waals surface area contributed by atoms with E-state index in [1.54, 1.807) is 12.3 Å². The largest absolute Gasteiger partial charge is 0.481 e. The Morgan fingerprint density at radius 1 is 1.14 bits per heavy atom. The number of halogens is 1. The van der Waals surface area contributed by atoms with E-state index in [2.05, 4.69) is 15.4 Å². The van der Waals surface area contributed by atoms with Gasteiger partial charge in [0.2, 0.25) is 0 Å². The number of carboxylic acid groups (broad SMARTS) is 1. The molecule has 0 saturated heterocycles. The molecule has 2 aromatic heterocycles. The highest BCUT2D eigenvalue weighted by molar-refractivity contribution is 5.95. The minimum Gasteiger partial charge on any atom is -0.481 e. The molecule has 1 aromatic carbocycles. The highest BCUT2D eigenvalue weighted by Gasteiger charge is 2.25. The van der Waals surface area contributed by atoms with Crippen molar-refractivity contribution in [2.24, 2.45) is 0 Å². The Morgan fingerprint density at radius 2 is 1.84 bits per heavy atom. The van der Waals surface area contributed by atoms with Crippen LogP contribution in [0, 0.1) is 12.7 Å². The zero-order valence-corrected chi connectivity index (χ0v) is 20.9. The molecule has 0 spiro atoms. The average molecular weight is 511 g/mol. The Kier molecular flexibility index (Phi) is 9.26. The van der Waals surface area contributed by atoms with E-state index in [0.717, 1.165) is 11.3 Å². The predicted molar refractivity (Wildman–Crippen MR) is 136 cm³/mol. The fraction of sp³-hybridized carbons (Fsp3) is 0.333. The van der Waals surface area contributed by atoms with Gasteiger partial charge in [0.15, 0.2) is 5.69 Å². The van der Waals surface area contributed by atoms with Gasteiger partial charge in [-0.15, -0.1) is 0 Å². The maximum Gasteiger partial charge on any atom is 0.305 e. The van der Waals surface area contributed by atoms with Gasteiger partial charge in [0.05, 0.1) is 30.0 Å². The van der Waals surface area contributed by atoms with Crippen molar-refractivity contribution in [2.45, 2.75) is 58.3 Å². The summed E-state index contributed by atoms with van der Waals surface area (Å²) >= 11 is 0. The van der Waals surface area contributed by atoms with Crippen molar-refractivity contribution in [3.8, 4) is 5.69 Å². The van der Waals surface area contributed by atoms with E-state index in [1.165, 1.54) is 35.0 Å². The number of rotatable bonds is 11. The number of benzene rings is 1. The maximum atomic E-state index is 13.6. The Hall–Kier alpha value is -3.89. The lowest BCUT2D eigenvalue weighted by Gasteiger charge is -2.12. The molecule has 4 N–H and O–H groups in total. The number of nitrogens with zero attached hydrogens (tertiary/aromatic N) is 3. The molecule has 0 aliphatic rings. The van der Waals surface area contributed by atoms with E-state index in [-0.39, 0.29) is 24.6 Å². The molecule has 0 aliphatic heterocycles. The van der Waals surface area contributed by atoms with Gasteiger partial charge in [0.1, 0.15) is 5.82 Å². The molecule has 3 rings (SSSR count). The number of carbonyl (C=O) groups excluding carboxylic acids is 1. The molecule has 9 nitrogen and oxygen atoms in total. The topological polar surface area (TPSA) is 138 Å². The van der Waals surface area contributed by atoms with Crippen LogP contribution in [0.3, 0.4) is 0 Å². The van der Waals surface area contributed by atoms with Crippen LogP contribution in [0.5, 0.6) is 0 Å². The molecule has 0 radical (unpaired) electrons. The minimum absolute atomic E-state index is 0.148. The molecule has 37 heavy (non-hydrogen) atoms. The fourth-order valence-electron chi connectivity index (χ4n) is 3.83. The van der Waals surface area contributed by atoms with Gasteiger partial charge < -0.3 is 20.6 Å². The molecule has 10 heteroatoms. The Balaban J connectivity index is 1.96. The van der Waals surface area contributed by atoms with Crippen LogP contribution >= 0.6 is 0 Å². The lowest BCUT2D eigenvalue weighted by Crippen LogP contribution is -2.24.